The van der Waals surface area contributed by atoms with Gasteiger partial charge < -0.3 is 16.0 Å². The topological polar surface area (TPSA) is 71.2 Å². The molecule has 0 spiro atoms. The molecule has 0 unspecified atom stereocenters. The highest BCUT2D eigenvalue weighted by Gasteiger charge is 2.29. The van der Waals surface area contributed by atoms with E-state index in [0.29, 0.717) is 16.7 Å². The van der Waals surface area contributed by atoms with Crippen molar-refractivity contribution in [3.8, 4) is 0 Å². The Hall–Kier alpha value is -1.30. The van der Waals surface area contributed by atoms with Crippen LogP contribution >= 0.6 is 11.3 Å². The number of hydrogen-bond acceptors (Lipinski definition) is 5. The standard InChI is InChI=1S/C13H20N4OS/c1-8-6-9(7-8)15-12(18)10-11(14)16-13(19-10)17-4-2-3-5-17/h8-9H,2-7,14H2,1H3,(H,15,18). The number of nitrogens with zero attached hydrogens (tertiary/aromatic N) is 2. The first-order valence-corrected chi connectivity index (χ1v) is 7.77. The number of nitrogen functional groups attached to an aromatic ring is 1. The van der Waals surface area contributed by atoms with Gasteiger partial charge >= 0.3 is 0 Å². The predicted molar refractivity (Wildman–Crippen MR) is 77.6 cm³/mol. The summed E-state index contributed by atoms with van der Waals surface area (Å²) in [5, 5.41) is 3.93. The molecule has 104 valence electrons. The minimum Gasteiger partial charge on any atom is -0.382 e. The Labute approximate surface area is 117 Å². The molecule has 3 rings (SSSR count). The van der Waals surface area contributed by atoms with E-state index in [9.17, 15) is 4.79 Å². The number of carbonyl (C=O) groups is 1. The van der Waals surface area contributed by atoms with Crippen LogP contribution in [0.3, 0.4) is 0 Å². The van der Waals surface area contributed by atoms with Crippen LogP contribution in [0.15, 0.2) is 0 Å². The van der Waals surface area contributed by atoms with Crippen LogP contribution in [0, 0.1) is 5.92 Å². The van der Waals surface area contributed by atoms with Crippen molar-refractivity contribution in [2.24, 2.45) is 5.92 Å². The van der Waals surface area contributed by atoms with Gasteiger partial charge in [0.05, 0.1) is 0 Å². The minimum absolute atomic E-state index is 0.0580. The van der Waals surface area contributed by atoms with E-state index in [-0.39, 0.29) is 5.91 Å². The molecular formula is C13H20N4OS. The summed E-state index contributed by atoms with van der Waals surface area (Å²) in [7, 11) is 0. The van der Waals surface area contributed by atoms with E-state index in [1.54, 1.807) is 0 Å². The lowest BCUT2D eigenvalue weighted by atomic mass is 9.82. The number of aromatic nitrogens is 1. The number of nitrogens with one attached hydrogen (secondary N) is 1. The van der Waals surface area contributed by atoms with Gasteiger partial charge in [0.25, 0.3) is 5.91 Å². The molecule has 1 saturated carbocycles. The summed E-state index contributed by atoms with van der Waals surface area (Å²) in [5.41, 5.74) is 5.88. The molecule has 6 heteroatoms. The summed E-state index contributed by atoms with van der Waals surface area (Å²) < 4.78 is 0. The average Bonchev–Trinajstić information content (AvgIpc) is 2.95. The SMILES string of the molecule is CC1CC(NC(=O)c2sc(N3CCCC3)nc2N)C1. The first-order chi connectivity index (χ1) is 9.13. The van der Waals surface area contributed by atoms with E-state index in [2.05, 4.69) is 22.1 Å². The lowest BCUT2D eigenvalue weighted by Crippen LogP contribution is -2.43. The van der Waals surface area contributed by atoms with Crippen LogP contribution < -0.4 is 16.0 Å². The molecular weight excluding hydrogens is 260 g/mol. The fourth-order valence-corrected chi connectivity index (χ4v) is 3.74. The van der Waals surface area contributed by atoms with Gasteiger partial charge in [0.1, 0.15) is 10.7 Å². The smallest absolute Gasteiger partial charge is 0.265 e. The molecule has 2 aliphatic rings. The van der Waals surface area contributed by atoms with Gasteiger partial charge in [-0.05, 0) is 31.6 Å². The van der Waals surface area contributed by atoms with Crippen LogP contribution in [0.4, 0.5) is 10.9 Å². The fourth-order valence-electron chi connectivity index (χ4n) is 2.80. The van der Waals surface area contributed by atoms with Crippen molar-refractivity contribution < 1.29 is 4.79 Å². The third kappa shape index (κ3) is 2.54. The molecule has 2 heterocycles. The van der Waals surface area contributed by atoms with Crippen molar-refractivity contribution in [1.82, 2.24) is 10.3 Å². The summed E-state index contributed by atoms with van der Waals surface area (Å²) in [5.74, 6) is 1.04. The maximum atomic E-state index is 12.2. The summed E-state index contributed by atoms with van der Waals surface area (Å²) in [6.45, 7) is 4.25. The third-order valence-corrected chi connectivity index (χ3v) is 5.06. The Morgan fingerprint density at radius 1 is 1.42 bits per heavy atom. The number of rotatable bonds is 3. The Bertz CT molecular complexity index is 475. The monoisotopic (exact) mass is 280 g/mol. The van der Waals surface area contributed by atoms with Crippen molar-refractivity contribution in [3.05, 3.63) is 4.88 Å². The molecule has 1 aliphatic heterocycles. The summed E-state index contributed by atoms with van der Waals surface area (Å²) in [4.78, 5) is 19.3. The molecule has 5 nitrogen and oxygen atoms in total. The molecule has 0 bridgehead atoms. The maximum absolute atomic E-state index is 12.2. The number of carbonyl (C=O) groups excluding carboxylic acids is 1. The van der Waals surface area contributed by atoms with Gasteiger partial charge in [-0.3, -0.25) is 4.79 Å². The zero-order valence-corrected chi connectivity index (χ0v) is 12.0. The normalized spacial score (nSPS) is 26.3. The second-order valence-electron chi connectivity index (χ2n) is 5.65. The largest absolute Gasteiger partial charge is 0.382 e. The lowest BCUT2D eigenvalue weighted by Gasteiger charge is -2.33. The Balaban J connectivity index is 1.67. The first-order valence-electron chi connectivity index (χ1n) is 6.95. The number of thiazole rings is 1. The Morgan fingerprint density at radius 3 is 2.74 bits per heavy atom. The van der Waals surface area contributed by atoms with E-state index in [0.717, 1.165) is 37.0 Å². The zero-order valence-electron chi connectivity index (χ0n) is 11.2. The van der Waals surface area contributed by atoms with Gasteiger partial charge in [0.2, 0.25) is 0 Å². The number of amides is 1. The van der Waals surface area contributed by atoms with Crippen LogP contribution in [-0.2, 0) is 0 Å². The van der Waals surface area contributed by atoms with Gasteiger partial charge in [-0.1, -0.05) is 18.3 Å². The second-order valence-corrected chi connectivity index (χ2v) is 6.63. The molecule has 1 aromatic rings. The molecule has 1 aromatic heterocycles. The van der Waals surface area contributed by atoms with Crippen LogP contribution in [0.1, 0.15) is 42.3 Å². The van der Waals surface area contributed by atoms with E-state index in [1.807, 2.05) is 0 Å². The minimum atomic E-state index is -0.0580. The highest BCUT2D eigenvalue weighted by molar-refractivity contribution is 7.18. The molecule has 0 aromatic carbocycles. The second kappa shape index (κ2) is 5.00. The van der Waals surface area contributed by atoms with Crippen molar-refractivity contribution in [3.63, 3.8) is 0 Å². The van der Waals surface area contributed by atoms with Crippen molar-refractivity contribution >= 4 is 28.2 Å². The van der Waals surface area contributed by atoms with Crippen LogP contribution in [0.2, 0.25) is 0 Å². The van der Waals surface area contributed by atoms with Gasteiger partial charge in [-0.25, -0.2) is 4.98 Å². The summed E-state index contributed by atoms with van der Waals surface area (Å²) in [6.07, 6.45) is 4.54. The average molecular weight is 280 g/mol. The van der Waals surface area contributed by atoms with E-state index in [4.69, 9.17) is 5.73 Å². The summed E-state index contributed by atoms with van der Waals surface area (Å²) in [6, 6.07) is 0.319. The number of hydrogen-bond donors (Lipinski definition) is 2. The Morgan fingerprint density at radius 2 is 2.11 bits per heavy atom. The number of nitrogens with two attached hydrogens (primary N) is 1. The van der Waals surface area contributed by atoms with Gasteiger partial charge in [-0.15, -0.1) is 0 Å². The van der Waals surface area contributed by atoms with Crippen LogP contribution in [-0.4, -0.2) is 30.0 Å². The zero-order chi connectivity index (χ0) is 13.4. The van der Waals surface area contributed by atoms with Gasteiger partial charge in [0.15, 0.2) is 5.13 Å². The Kier molecular flexibility index (Phi) is 3.35. The van der Waals surface area contributed by atoms with Crippen LogP contribution in [0.25, 0.3) is 0 Å². The fraction of sp³-hybridized carbons (Fsp3) is 0.692. The molecule has 2 fully saturated rings. The quantitative estimate of drug-likeness (QED) is 0.886. The van der Waals surface area contributed by atoms with Crippen molar-refractivity contribution in [1.29, 1.82) is 0 Å². The van der Waals surface area contributed by atoms with Gasteiger partial charge in [-0.2, -0.15) is 0 Å². The first kappa shape index (κ1) is 12.7. The molecule has 1 amide bonds. The highest BCUT2D eigenvalue weighted by atomic mass is 32.1. The maximum Gasteiger partial charge on any atom is 0.265 e. The molecule has 19 heavy (non-hydrogen) atoms. The molecule has 1 saturated heterocycles. The highest BCUT2D eigenvalue weighted by Crippen LogP contribution is 2.31. The molecule has 1 aliphatic carbocycles. The lowest BCUT2D eigenvalue weighted by molar-refractivity contribution is 0.0901. The van der Waals surface area contributed by atoms with Crippen molar-refractivity contribution in [2.45, 2.75) is 38.6 Å². The van der Waals surface area contributed by atoms with Gasteiger partial charge in [0, 0.05) is 19.1 Å². The van der Waals surface area contributed by atoms with Crippen LogP contribution in [0.5, 0.6) is 0 Å². The summed E-state index contributed by atoms with van der Waals surface area (Å²) >= 11 is 1.42. The van der Waals surface area contributed by atoms with Crippen molar-refractivity contribution in [2.75, 3.05) is 23.7 Å². The molecule has 0 atom stereocenters. The third-order valence-electron chi connectivity index (χ3n) is 3.93. The van der Waals surface area contributed by atoms with E-state index >= 15 is 0 Å². The molecule has 3 N–H and O–H groups in total. The predicted octanol–water partition coefficient (Wildman–Crippen LogP) is 1.85. The number of anilines is 2. The van der Waals surface area contributed by atoms with E-state index < -0.39 is 0 Å². The van der Waals surface area contributed by atoms with E-state index in [1.165, 1.54) is 24.2 Å². The molecule has 0 radical (unpaired) electrons.